The molecule has 1 aromatic heterocycles. The Morgan fingerprint density at radius 2 is 2.17 bits per heavy atom. The van der Waals surface area contributed by atoms with Gasteiger partial charge < -0.3 is 9.64 Å². The van der Waals surface area contributed by atoms with Crippen LogP contribution in [0.2, 0.25) is 0 Å². The highest BCUT2D eigenvalue weighted by atomic mass is 19.1. The largest absolute Gasteiger partial charge is 0.437 e. The molecule has 0 saturated heterocycles. The van der Waals surface area contributed by atoms with Crippen LogP contribution < -0.4 is 4.74 Å². The minimum absolute atomic E-state index is 0.0711. The average molecular weight is 317 g/mol. The molecule has 122 valence electrons. The molecule has 0 aliphatic rings. The third kappa shape index (κ3) is 5.32. The Balaban J connectivity index is 1.93. The van der Waals surface area contributed by atoms with E-state index >= 15 is 0 Å². The number of hydrogen-bond acceptors (Lipinski definition) is 4. The van der Waals surface area contributed by atoms with E-state index in [0.717, 1.165) is 12.1 Å². The molecule has 0 aliphatic carbocycles. The Bertz CT molecular complexity index is 664. The van der Waals surface area contributed by atoms with E-state index in [1.807, 2.05) is 6.92 Å². The summed E-state index contributed by atoms with van der Waals surface area (Å²) < 4.78 is 18.7. The van der Waals surface area contributed by atoms with E-state index in [4.69, 9.17) is 4.74 Å². The number of benzene rings is 1. The van der Waals surface area contributed by atoms with Gasteiger partial charge in [-0.2, -0.15) is 0 Å². The molecule has 0 atom stereocenters. The van der Waals surface area contributed by atoms with Crippen LogP contribution in [0.15, 0.2) is 36.7 Å². The normalized spacial score (nSPS) is 10.4. The summed E-state index contributed by atoms with van der Waals surface area (Å²) in [5.74, 6) is 0.412. The molecule has 1 amide bonds. The van der Waals surface area contributed by atoms with Crippen LogP contribution in [0, 0.1) is 5.82 Å². The lowest BCUT2D eigenvalue weighted by molar-refractivity contribution is -0.128. The number of amides is 1. The van der Waals surface area contributed by atoms with E-state index in [9.17, 15) is 9.18 Å². The highest BCUT2D eigenvalue weighted by Gasteiger charge is 2.07. The second-order valence-corrected chi connectivity index (χ2v) is 5.11. The van der Waals surface area contributed by atoms with Crippen molar-refractivity contribution in [2.75, 3.05) is 13.1 Å². The molecule has 2 rings (SSSR count). The summed E-state index contributed by atoms with van der Waals surface area (Å²) in [4.78, 5) is 21.6. The lowest BCUT2D eigenvalue weighted by Crippen LogP contribution is -2.29. The van der Waals surface area contributed by atoms with E-state index in [0.29, 0.717) is 31.1 Å². The van der Waals surface area contributed by atoms with Crippen molar-refractivity contribution in [3.63, 3.8) is 0 Å². The zero-order valence-electron chi connectivity index (χ0n) is 13.3. The summed E-state index contributed by atoms with van der Waals surface area (Å²) in [6, 6.07) is 5.87. The molecule has 23 heavy (non-hydrogen) atoms. The molecule has 0 aliphatic heterocycles. The first-order chi connectivity index (χ1) is 11.1. The monoisotopic (exact) mass is 317 g/mol. The molecule has 0 spiro atoms. The second-order valence-electron chi connectivity index (χ2n) is 5.11. The molecular weight excluding hydrogens is 297 g/mol. The average Bonchev–Trinajstić information content (AvgIpc) is 2.51. The lowest BCUT2D eigenvalue weighted by Gasteiger charge is -2.18. The van der Waals surface area contributed by atoms with E-state index in [2.05, 4.69) is 9.97 Å². The van der Waals surface area contributed by atoms with E-state index in [1.165, 1.54) is 18.3 Å². The van der Waals surface area contributed by atoms with Gasteiger partial charge >= 0.3 is 0 Å². The van der Waals surface area contributed by atoms with Crippen LogP contribution in [-0.4, -0.2) is 33.9 Å². The van der Waals surface area contributed by atoms with Gasteiger partial charge in [-0.05, 0) is 31.9 Å². The van der Waals surface area contributed by atoms with Gasteiger partial charge in [0.1, 0.15) is 11.6 Å². The molecule has 0 bridgehead atoms. The number of aromatic nitrogens is 2. The number of carbonyl (C=O) groups is 1. The summed E-state index contributed by atoms with van der Waals surface area (Å²) in [5.41, 5.74) is 0.776. The predicted octanol–water partition coefficient (Wildman–Crippen LogP) is 3.21. The molecule has 6 heteroatoms. The van der Waals surface area contributed by atoms with Crippen LogP contribution in [0.1, 0.15) is 26.0 Å². The zero-order chi connectivity index (χ0) is 16.7. The summed E-state index contributed by atoms with van der Waals surface area (Å²) in [6.45, 7) is 4.90. The Morgan fingerprint density at radius 1 is 1.35 bits per heavy atom. The number of ether oxygens (including phenoxy) is 1. The fourth-order valence-electron chi connectivity index (χ4n) is 2.20. The number of aryl methyl sites for hydroxylation is 1. The number of nitrogens with zero attached hydrogens (tertiary/aromatic N) is 3. The van der Waals surface area contributed by atoms with Crippen molar-refractivity contribution in [2.45, 2.75) is 26.7 Å². The van der Waals surface area contributed by atoms with Crippen molar-refractivity contribution in [3.8, 4) is 11.6 Å². The SMILES string of the molecule is CCN(CCCc1cncc(Oc2cccc(F)c2)n1)C(C)=O. The summed E-state index contributed by atoms with van der Waals surface area (Å²) in [7, 11) is 0. The molecule has 0 N–H and O–H groups in total. The van der Waals surface area contributed by atoms with Crippen molar-refractivity contribution in [1.29, 1.82) is 0 Å². The number of halogens is 1. The predicted molar refractivity (Wildman–Crippen MR) is 84.8 cm³/mol. The molecule has 0 unspecified atom stereocenters. The van der Waals surface area contributed by atoms with Crippen LogP contribution in [0.5, 0.6) is 11.6 Å². The minimum Gasteiger partial charge on any atom is -0.437 e. The number of hydrogen-bond donors (Lipinski definition) is 0. The van der Waals surface area contributed by atoms with Gasteiger partial charge in [0.05, 0.1) is 11.9 Å². The highest BCUT2D eigenvalue weighted by molar-refractivity contribution is 5.73. The molecular formula is C17H20FN3O2. The van der Waals surface area contributed by atoms with Crippen LogP contribution in [0.25, 0.3) is 0 Å². The van der Waals surface area contributed by atoms with E-state index in [1.54, 1.807) is 30.2 Å². The molecule has 5 nitrogen and oxygen atoms in total. The molecule has 0 saturated carbocycles. The highest BCUT2D eigenvalue weighted by Crippen LogP contribution is 2.19. The van der Waals surface area contributed by atoms with Crippen molar-refractivity contribution < 1.29 is 13.9 Å². The molecule has 0 fully saturated rings. The Labute approximate surface area is 135 Å². The van der Waals surface area contributed by atoms with Crippen LogP contribution in [-0.2, 0) is 11.2 Å². The zero-order valence-corrected chi connectivity index (χ0v) is 13.3. The smallest absolute Gasteiger partial charge is 0.238 e. The third-order valence-corrected chi connectivity index (χ3v) is 3.37. The van der Waals surface area contributed by atoms with Gasteiger partial charge in [0.25, 0.3) is 0 Å². The summed E-state index contributed by atoms with van der Waals surface area (Å²) in [6.07, 6.45) is 4.65. The Hall–Kier alpha value is -2.50. The standard InChI is InChI=1S/C17H20FN3O2/c1-3-21(13(2)22)9-5-7-15-11-19-12-17(20-15)23-16-8-4-6-14(18)10-16/h4,6,8,10-12H,3,5,7,9H2,1-2H3. The fourth-order valence-corrected chi connectivity index (χ4v) is 2.20. The maximum Gasteiger partial charge on any atom is 0.238 e. The van der Waals surface area contributed by atoms with E-state index in [-0.39, 0.29) is 11.7 Å². The summed E-state index contributed by atoms with van der Waals surface area (Å²) >= 11 is 0. The molecule has 2 aromatic rings. The van der Waals surface area contributed by atoms with Crippen LogP contribution >= 0.6 is 0 Å². The van der Waals surface area contributed by atoms with Crippen molar-refractivity contribution in [2.24, 2.45) is 0 Å². The van der Waals surface area contributed by atoms with Crippen LogP contribution in [0.3, 0.4) is 0 Å². The van der Waals surface area contributed by atoms with Gasteiger partial charge in [-0.15, -0.1) is 0 Å². The number of rotatable bonds is 7. The number of carbonyl (C=O) groups excluding carboxylic acids is 1. The van der Waals surface area contributed by atoms with Gasteiger partial charge in [0.15, 0.2) is 0 Å². The lowest BCUT2D eigenvalue weighted by atomic mass is 10.2. The topological polar surface area (TPSA) is 55.3 Å². The maximum atomic E-state index is 13.1. The first-order valence-electron chi connectivity index (χ1n) is 7.58. The second kappa shape index (κ2) is 8.22. The van der Waals surface area contributed by atoms with Crippen molar-refractivity contribution in [3.05, 3.63) is 48.2 Å². The Kier molecular flexibility index (Phi) is 6.02. The fraction of sp³-hybridized carbons (Fsp3) is 0.353. The first kappa shape index (κ1) is 16.9. The maximum absolute atomic E-state index is 13.1. The Morgan fingerprint density at radius 3 is 2.87 bits per heavy atom. The van der Waals surface area contributed by atoms with Gasteiger partial charge in [0.2, 0.25) is 11.8 Å². The van der Waals surface area contributed by atoms with Gasteiger partial charge in [-0.1, -0.05) is 6.07 Å². The van der Waals surface area contributed by atoms with Crippen LogP contribution in [0.4, 0.5) is 4.39 Å². The van der Waals surface area contributed by atoms with Gasteiger partial charge in [0, 0.05) is 32.3 Å². The third-order valence-electron chi connectivity index (χ3n) is 3.37. The van der Waals surface area contributed by atoms with Crippen molar-refractivity contribution in [1.82, 2.24) is 14.9 Å². The van der Waals surface area contributed by atoms with E-state index < -0.39 is 0 Å². The van der Waals surface area contributed by atoms with Gasteiger partial charge in [-0.3, -0.25) is 9.78 Å². The quantitative estimate of drug-likeness (QED) is 0.787. The molecule has 1 heterocycles. The first-order valence-corrected chi connectivity index (χ1v) is 7.58. The molecule has 0 radical (unpaired) electrons. The minimum atomic E-state index is -0.365. The summed E-state index contributed by atoms with van der Waals surface area (Å²) in [5, 5.41) is 0. The molecule has 1 aromatic carbocycles. The van der Waals surface area contributed by atoms with Gasteiger partial charge in [-0.25, -0.2) is 9.37 Å². The van der Waals surface area contributed by atoms with Crippen molar-refractivity contribution >= 4 is 5.91 Å².